The highest BCUT2D eigenvalue weighted by atomic mass is 16.5. The monoisotopic (exact) mass is 808 g/mol. The third-order valence-corrected chi connectivity index (χ3v) is 12.2. The molecule has 0 saturated carbocycles. The Bertz CT molecular complexity index is 821. The van der Waals surface area contributed by atoms with Gasteiger partial charge in [-0.15, -0.1) is 0 Å². The molecule has 0 saturated heterocycles. The van der Waals surface area contributed by atoms with Gasteiger partial charge in [0.1, 0.15) is 6.10 Å². The van der Waals surface area contributed by atoms with Crippen molar-refractivity contribution in [2.45, 2.75) is 309 Å². The van der Waals surface area contributed by atoms with Crippen molar-refractivity contribution >= 4 is 11.9 Å². The molecule has 0 aliphatic carbocycles. The van der Waals surface area contributed by atoms with Crippen LogP contribution in [0, 0.1) is 0 Å². The Morgan fingerprint density at radius 3 is 1.07 bits per heavy atom. The standard InChI is InChI=1S/C51H101NO5/c1-4-7-10-13-16-19-21-22-23-24-25-26-27-28-29-32-35-38-41-44-51(56)57-47(42-39-36-33-31-20-17-14-11-8-5-2)45-50(55)52-48(46-53)49(54)43-40-37-34-30-18-15-12-9-6-3/h47-49,53-54H,4-46H2,1-3H3,(H,52,55). The summed E-state index contributed by atoms with van der Waals surface area (Å²) in [6.45, 7) is 6.48. The summed E-state index contributed by atoms with van der Waals surface area (Å²) in [6.07, 6.45) is 48.9. The summed E-state index contributed by atoms with van der Waals surface area (Å²) in [4.78, 5) is 26.0. The number of unbranched alkanes of at least 4 members (excludes halogenated alkanes) is 35. The van der Waals surface area contributed by atoms with E-state index in [0.29, 0.717) is 19.3 Å². The number of carbonyl (C=O) groups excluding carboxylic acids is 2. The number of esters is 1. The van der Waals surface area contributed by atoms with Crippen LogP contribution >= 0.6 is 0 Å². The third kappa shape index (κ3) is 41.4. The van der Waals surface area contributed by atoms with Crippen LogP contribution in [-0.4, -0.2) is 46.9 Å². The van der Waals surface area contributed by atoms with E-state index in [1.807, 2.05) is 0 Å². The number of hydrogen-bond acceptors (Lipinski definition) is 5. The summed E-state index contributed by atoms with van der Waals surface area (Å²) in [7, 11) is 0. The number of aliphatic hydroxyl groups is 2. The lowest BCUT2D eigenvalue weighted by Crippen LogP contribution is -2.46. The molecule has 0 fully saturated rings. The molecule has 0 bridgehead atoms. The zero-order chi connectivity index (χ0) is 41.7. The van der Waals surface area contributed by atoms with Crippen LogP contribution in [0.2, 0.25) is 0 Å². The van der Waals surface area contributed by atoms with E-state index < -0.39 is 18.2 Å². The largest absolute Gasteiger partial charge is 0.462 e. The average molecular weight is 808 g/mol. The number of amides is 1. The second-order valence-electron chi connectivity index (χ2n) is 17.9. The van der Waals surface area contributed by atoms with Crippen LogP contribution in [0.1, 0.15) is 290 Å². The first kappa shape index (κ1) is 55.9. The van der Waals surface area contributed by atoms with Crippen molar-refractivity contribution in [3.05, 3.63) is 0 Å². The number of aliphatic hydroxyl groups excluding tert-OH is 2. The number of carbonyl (C=O) groups is 2. The Morgan fingerprint density at radius 1 is 0.439 bits per heavy atom. The lowest BCUT2D eigenvalue weighted by molar-refractivity contribution is -0.151. The molecule has 3 atom stereocenters. The highest BCUT2D eigenvalue weighted by Gasteiger charge is 2.24. The summed E-state index contributed by atoms with van der Waals surface area (Å²) in [5.41, 5.74) is 0. The first-order valence-electron chi connectivity index (χ1n) is 25.8. The lowest BCUT2D eigenvalue weighted by atomic mass is 10.0. The van der Waals surface area contributed by atoms with Crippen molar-refractivity contribution in [3.8, 4) is 0 Å². The molecule has 0 aliphatic rings. The predicted molar refractivity (Wildman–Crippen MR) is 246 cm³/mol. The summed E-state index contributed by atoms with van der Waals surface area (Å²) in [5.74, 6) is -0.454. The van der Waals surface area contributed by atoms with Crippen molar-refractivity contribution in [3.63, 3.8) is 0 Å². The Kier molecular flexibility index (Phi) is 45.0. The van der Waals surface area contributed by atoms with Gasteiger partial charge in [-0.25, -0.2) is 0 Å². The fourth-order valence-corrected chi connectivity index (χ4v) is 8.26. The zero-order valence-electron chi connectivity index (χ0n) is 38.8. The SMILES string of the molecule is CCCCCCCCCCCCCCCCCCCCCC(=O)OC(CCCCCCCCCCCC)CC(=O)NC(CO)C(O)CCCCCCCCCCC. The summed E-state index contributed by atoms with van der Waals surface area (Å²) in [5, 5.41) is 23.6. The van der Waals surface area contributed by atoms with Gasteiger partial charge in [-0.2, -0.15) is 0 Å². The van der Waals surface area contributed by atoms with Gasteiger partial charge in [0.15, 0.2) is 0 Å². The molecular weight excluding hydrogens is 707 g/mol. The number of ether oxygens (including phenoxy) is 1. The number of nitrogens with one attached hydrogen (secondary N) is 1. The molecule has 0 aliphatic heterocycles. The van der Waals surface area contributed by atoms with Gasteiger partial charge >= 0.3 is 5.97 Å². The van der Waals surface area contributed by atoms with E-state index >= 15 is 0 Å². The lowest BCUT2D eigenvalue weighted by Gasteiger charge is -2.24. The normalized spacial score (nSPS) is 13.1. The molecule has 0 aromatic carbocycles. The van der Waals surface area contributed by atoms with Gasteiger partial charge in [0.05, 0.1) is 25.2 Å². The minimum absolute atomic E-state index is 0.0869. The fourth-order valence-electron chi connectivity index (χ4n) is 8.26. The molecule has 0 spiro atoms. The second kappa shape index (κ2) is 45.9. The van der Waals surface area contributed by atoms with Crippen molar-refractivity contribution in [2.24, 2.45) is 0 Å². The van der Waals surface area contributed by atoms with Gasteiger partial charge in [0, 0.05) is 6.42 Å². The van der Waals surface area contributed by atoms with Gasteiger partial charge < -0.3 is 20.3 Å². The molecule has 0 heterocycles. The van der Waals surface area contributed by atoms with E-state index in [2.05, 4.69) is 26.1 Å². The smallest absolute Gasteiger partial charge is 0.306 e. The molecule has 0 radical (unpaired) electrons. The number of rotatable bonds is 47. The van der Waals surface area contributed by atoms with E-state index in [0.717, 1.165) is 38.5 Å². The van der Waals surface area contributed by atoms with Crippen LogP contribution in [-0.2, 0) is 14.3 Å². The van der Waals surface area contributed by atoms with E-state index in [1.54, 1.807) is 0 Å². The summed E-state index contributed by atoms with van der Waals surface area (Å²) in [6, 6.07) is -0.690. The van der Waals surface area contributed by atoms with Gasteiger partial charge in [-0.1, -0.05) is 252 Å². The molecular formula is C51H101NO5. The fraction of sp³-hybridized carbons (Fsp3) is 0.961. The van der Waals surface area contributed by atoms with Crippen LogP contribution in [0.5, 0.6) is 0 Å². The van der Waals surface area contributed by atoms with Crippen LogP contribution in [0.3, 0.4) is 0 Å². The maximum atomic E-state index is 13.1. The first-order chi connectivity index (χ1) is 28.0. The van der Waals surface area contributed by atoms with Gasteiger partial charge in [-0.05, 0) is 25.7 Å². The Hall–Kier alpha value is -1.14. The van der Waals surface area contributed by atoms with Crippen molar-refractivity contribution in [1.82, 2.24) is 5.32 Å². The van der Waals surface area contributed by atoms with E-state index in [4.69, 9.17) is 4.74 Å². The highest BCUT2D eigenvalue weighted by molar-refractivity contribution is 5.77. The highest BCUT2D eigenvalue weighted by Crippen LogP contribution is 2.19. The molecule has 0 aromatic heterocycles. The second-order valence-corrected chi connectivity index (χ2v) is 17.9. The molecule has 3 unspecified atom stereocenters. The zero-order valence-corrected chi connectivity index (χ0v) is 38.8. The minimum atomic E-state index is -0.777. The van der Waals surface area contributed by atoms with Crippen molar-refractivity contribution in [1.29, 1.82) is 0 Å². The molecule has 57 heavy (non-hydrogen) atoms. The van der Waals surface area contributed by atoms with Crippen LogP contribution < -0.4 is 5.32 Å². The maximum Gasteiger partial charge on any atom is 0.306 e. The van der Waals surface area contributed by atoms with Crippen LogP contribution in [0.25, 0.3) is 0 Å². The molecule has 0 rings (SSSR count). The molecule has 6 heteroatoms. The number of hydrogen-bond donors (Lipinski definition) is 3. The van der Waals surface area contributed by atoms with E-state index in [9.17, 15) is 19.8 Å². The van der Waals surface area contributed by atoms with Gasteiger partial charge in [0.25, 0.3) is 0 Å². The van der Waals surface area contributed by atoms with Gasteiger partial charge in [0.2, 0.25) is 5.91 Å². The first-order valence-corrected chi connectivity index (χ1v) is 25.8. The minimum Gasteiger partial charge on any atom is -0.462 e. The van der Waals surface area contributed by atoms with E-state index in [1.165, 1.54) is 205 Å². The summed E-state index contributed by atoms with van der Waals surface area (Å²) >= 11 is 0. The molecule has 1 amide bonds. The molecule has 6 nitrogen and oxygen atoms in total. The average Bonchev–Trinajstić information content (AvgIpc) is 3.20. The maximum absolute atomic E-state index is 13.1. The summed E-state index contributed by atoms with van der Waals surface area (Å²) < 4.78 is 5.92. The topological polar surface area (TPSA) is 95.9 Å². The van der Waals surface area contributed by atoms with Crippen molar-refractivity contribution < 1.29 is 24.5 Å². The molecule has 340 valence electrons. The molecule has 0 aromatic rings. The van der Waals surface area contributed by atoms with Crippen LogP contribution in [0.4, 0.5) is 0 Å². The van der Waals surface area contributed by atoms with Gasteiger partial charge in [-0.3, -0.25) is 9.59 Å². The third-order valence-electron chi connectivity index (χ3n) is 12.2. The molecule has 3 N–H and O–H groups in total. The Balaban J connectivity index is 4.37. The quantitative estimate of drug-likeness (QED) is 0.0420. The Labute approximate surface area is 356 Å². The van der Waals surface area contributed by atoms with E-state index in [-0.39, 0.29) is 24.9 Å². The Morgan fingerprint density at radius 2 is 0.737 bits per heavy atom. The predicted octanol–water partition coefficient (Wildman–Crippen LogP) is 15.2. The van der Waals surface area contributed by atoms with Crippen LogP contribution in [0.15, 0.2) is 0 Å². The van der Waals surface area contributed by atoms with Crippen molar-refractivity contribution in [2.75, 3.05) is 6.61 Å².